The monoisotopic (exact) mass is 332 g/mol. The first kappa shape index (κ1) is 18.2. The number of ether oxygens (including phenoxy) is 1. The second-order valence-corrected chi connectivity index (χ2v) is 6.68. The van der Waals surface area contributed by atoms with E-state index in [1.165, 1.54) is 19.9 Å². The molecule has 0 unspecified atom stereocenters. The molecule has 1 atom stereocenters. The predicted molar refractivity (Wildman–Crippen MR) is 93.4 cm³/mol. The third kappa shape index (κ3) is 4.46. The lowest BCUT2D eigenvalue weighted by Crippen LogP contribution is -2.37. The van der Waals surface area contributed by atoms with Gasteiger partial charge in [-0.1, -0.05) is 5.57 Å². The summed E-state index contributed by atoms with van der Waals surface area (Å²) >= 11 is 0. The summed E-state index contributed by atoms with van der Waals surface area (Å²) in [5, 5.41) is 21.0. The van der Waals surface area contributed by atoms with Crippen molar-refractivity contribution in [1.29, 1.82) is 0 Å². The average Bonchev–Trinajstić information content (AvgIpc) is 2.47. The number of benzene rings is 1. The lowest BCUT2D eigenvalue weighted by molar-refractivity contribution is -0.0470. The Morgan fingerprint density at radius 2 is 1.96 bits per heavy atom. The van der Waals surface area contributed by atoms with Gasteiger partial charge in [0.25, 0.3) is 0 Å². The average molecular weight is 332 g/mol. The topological polar surface area (TPSA) is 79.9 Å². The molecule has 2 N–H and O–H groups in total. The molecule has 2 rings (SSSR count). The zero-order valence-electron chi connectivity index (χ0n) is 14.5. The first-order valence-corrected chi connectivity index (χ1v) is 7.91. The number of rotatable bonds is 6. The molecule has 1 heterocycles. The van der Waals surface area contributed by atoms with Crippen LogP contribution in [0.1, 0.15) is 33.3 Å². The van der Waals surface area contributed by atoms with Crippen LogP contribution in [0.15, 0.2) is 45.1 Å². The molecular weight excluding hydrogens is 308 g/mol. The van der Waals surface area contributed by atoms with E-state index in [4.69, 9.17) is 9.15 Å². The van der Waals surface area contributed by atoms with Gasteiger partial charge in [0.05, 0.1) is 11.7 Å². The molecular formula is C19H24O5. The predicted octanol–water partition coefficient (Wildman–Crippen LogP) is 2.81. The van der Waals surface area contributed by atoms with Gasteiger partial charge in [-0.25, -0.2) is 4.79 Å². The molecule has 1 aromatic heterocycles. The van der Waals surface area contributed by atoms with Gasteiger partial charge < -0.3 is 19.4 Å². The largest absolute Gasteiger partial charge is 0.489 e. The van der Waals surface area contributed by atoms with Crippen LogP contribution >= 0.6 is 0 Å². The van der Waals surface area contributed by atoms with Crippen LogP contribution in [0.3, 0.4) is 0 Å². The van der Waals surface area contributed by atoms with Gasteiger partial charge in [-0.2, -0.15) is 0 Å². The van der Waals surface area contributed by atoms with Crippen molar-refractivity contribution in [2.75, 3.05) is 6.61 Å². The maximum atomic E-state index is 11.6. The second-order valence-electron chi connectivity index (χ2n) is 6.68. The van der Waals surface area contributed by atoms with E-state index in [0.717, 1.165) is 11.0 Å². The van der Waals surface area contributed by atoms with Gasteiger partial charge in [-0.3, -0.25) is 0 Å². The van der Waals surface area contributed by atoms with E-state index >= 15 is 0 Å². The van der Waals surface area contributed by atoms with Crippen LogP contribution in [0.25, 0.3) is 11.0 Å². The summed E-state index contributed by atoms with van der Waals surface area (Å²) < 4.78 is 11.1. The minimum absolute atomic E-state index is 0.109. The Labute approximate surface area is 141 Å². The molecule has 5 heteroatoms. The van der Waals surface area contributed by atoms with Gasteiger partial charge >= 0.3 is 5.63 Å². The molecule has 0 radical (unpaired) electrons. The lowest BCUT2D eigenvalue weighted by Gasteiger charge is -2.25. The molecule has 130 valence electrons. The third-order valence-corrected chi connectivity index (χ3v) is 3.79. The summed E-state index contributed by atoms with van der Waals surface area (Å²) in [5.41, 5.74) is 0.319. The Morgan fingerprint density at radius 1 is 1.29 bits per heavy atom. The van der Waals surface area contributed by atoms with Crippen LogP contribution in [0, 0.1) is 0 Å². The normalized spacial score (nSPS) is 12.9. The minimum Gasteiger partial charge on any atom is -0.489 e. The van der Waals surface area contributed by atoms with Gasteiger partial charge in [0.1, 0.15) is 17.9 Å². The van der Waals surface area contributed by atoms with E-state index in [1.54, 1.807) is 18.2 Å². The highest BCUT2D eigenvalue weighted by Crippen LogP contribution is 2.30. The Hall–Kier alpha value is -2.11. The van der Waals surface area contributed by atoms with Gasteiger partial charge in [0.15, 0.2) is 0 Å². The lowest BCUT2D eigenvalue weighted by atomic mass is 9.94. The van der Waals surface area contributed by atoms with E-state index in [2.05, 4.69) is 0 Å². The highest BCUT2D eigenvalue weighted by Gasteiger charge is 2.27. The summed E-state index contributed by atoms with van der Waals surface area (Å²) in [5.74, 6) is 0.526. The summed E-state index contributed by atoms with van der Waals surface area (Å²) in [6.45, 7) is 7.38. The molecule has 0 aliphatic rings. The fourth-order valence-corrected chi connectivity index (χ4v) is 2.24. The van der Waals surface area contributed by atoms with Crippen LogP contribution < -0.4 is 10.4 Å². The van der Waals surface area contributed by atoms with Crippen molar-refractivity contribution >= 4 is 11.0 Å². The Morgan fingerprint density at radius 3 is 2.58 bits per heavy atom. The van der Waals surface area contributed by atoms with Gasteiger partial charge in [0.2, 0.25) is 0 Å². The number of hydrogen-bond donors (Lipinski definition) is 2. The van der Waals surface area contributed by atoms with E-state index in [-0.39, 0.29) is 6.42 Å². The molecule has 0 aliphatic heterocycles. The molecule has 0 spiro atoms. The van der Waals surface area contributed by atoms with Crippen LogP contribution in [-0.4, -0.2) is 28.5 Å². The van der Waals surface area contributed by atoms with Gasteiger partial charge in [-0.15, -0.1) is 0 Å². The Kier molecular flexibility index (Phi) is 5.47. The van der Waals surface area contributed by atoms with Crippen molar-refractivity contribution in [3.8, 4) is 5.75 Å². The zero-order valence-corrected chi connectivity index (χ0v) is 14.5. The van der Waals surface area contributed by atoms with Crippen LogP contribution in [0.4, 0.5) is 0 Å². The summed E-state index contributed by atoms with van der Waals surface area (Å²) in [6, 6.07) is 6.60. The summed E-state index contributed by atoms with van der Waals surface area (Å²) in [7, 11) is 0. The first-order valence-electron chi connectivity index (χ1n) is 7.91. The number of allylic oxidation sites excluding steroid dienone is 1. The maximum Gasteiger partial charge on any atom is 0.336 e. The fourth-order valence-electron chi connectivity index (χ4n) is 2.24. The standard InChI is InChI=1S/C19H24O5/c1-12(2)9-10-23-15-7-5-13-6-8-17(21)24-18(13)14(15)11-16(20)19(3,4)22/h5-9,16,20,22H,10-11H2,1-4H3/t16-/m0/s1. The SMILES string of the molecule is CC(C)=CCOc1ccc2ccc(=O)oc2c1C[C@H](O)C(C)(C)O. The van der Waals surface area contributed by atoms with E-state index in [1.807, 2.05) is 19.9 Å². The number of fused-ring (bicyclic) bond motifs is 1. The summed E-state index contributed by atoms with van der Waals surface area (Å²) in [6.07, 6.45) is 1.01. The third-order valence-electron chi connectivity index (χ3n) is 3.79. The summed E-state index contributed by atoms with van der Waals surface area (Å²) in [4.78, 5) is 11.6. The van der Waals surface area contributed by atoms with Crippen LogP contribution in [0.2, 0.25) is 0 Å². The van der Waals surface area contributed by atoms with E-state index in [0.29, 0.717) is 23.5 Å². The van der Waals surface area contributed by atoms with Gasteiger partial charge in [0, 0.05) is 23.4 Å². The Bertz CT molecular complexity index is 791. The fraction of sp³-hybridized carbons (Fsp3) is 0.421. The number of hydrogen-bond acceptors (Lipinski definition) is 5. The van der Waals surface area contributed by atoms with Crippen molar-refractivity contribution in [1.82, 2.24) is 0 Å². The van der Waals surface area contributed by atoms with Crippen molar-refractivity contribution in [3.05, 3.63) is 51.9 Å². The van der Waals surface area contributed by atoms with Gasteiger partial charge in [-0.05, 0) is 52.0 Å². The van der Waals surface area contributed by atoms with Crippen molar-refractivity contribution < 1.29 is 19.4 Å². The molecule has 0 bridgehead atoms. The Balaban J connectivity index is 2.49. The molecule has 0 amide bonds. The molecule has 24 heavy (non-hydrogen) atoms. The van der Waals surface area contributed by atoms with Crippen LogP contribution in [-0.2, 0) is 6.42 Å². The van der Waals surface area contributed by atoms with E-state index < -0.39 is 17.3 Å². The quantitative estimate of drug-likeness (QED) is 0.628. The molecule has 5 nitrogen and oxygen atoms in total. The second kappa shape index (κ2) is 7.20. The molecule has 2 aromatic rings. The van der Waals surface area contributed by atoms with Crippen molar-refractivity contribution in [2.45, 2.75) is 45.8 Å². The molecule has 0 saturated carbocycles. The smallest absolute Gasteiger partial charge is 0.336 e. The molecule has 0 aliphatic carbocycles. The highest BCUT2D eigenvalue weighted by molar-refractivity contribution is 5.82. The van der Waals surface area contributed by atoms with Crippen LogP contribution in [0.5, 0.6) is 5.75 Å². The molecule has 1 aromatic carbocycles. The van der Waals surface area contributed by atoms with Crippen molar-refractivity contribution in [2.24, 2.45) is 0 Å². The van der Waals surface area contributed by atoms with E-state index in [9.17, 15) is 15.0 Å². The minimum atomic E-state index is -1.28. The van der Waals surface area contributed by atoms with Crippen molar-refractivity contribution in [3.63, 3.8) is 0 Å². The first-order chi connectivity index (χ1) is 11.2. The molecule has 0 fully saturated rings. The highest BCUT2D eigenvalue weighted by atomic mass is 16.5. The number of aliphatic hydroxyl groups is 2. The number of aliphatic hydroxyl groups excluding tert-OH is 1. The zero-order chi connectivity index (χ0) is 17.9. The maximum absolute atomic E-state index is 11.6. The molecule has 0 saturated heterocycles.